The Hall–Kier alpha value is -2.09. The molecule has 3 rings (SSSR count). The zero-order valence-electron chi connectivity index (χ0n) is 15.4. The van der Waals surface area contributed by atoms with Crippen LogP contribution in [0.2, 0.25) is 0 Å². The van der Waals surface area contributed by atoms with Gasteiger partial charge in [-0.3, -0.25) is 0 Å². The first-order valence-electron chi connectivity index (χ1n) is 9.86. The van der Waals surface area contributed by atoms with Gasteiger partial charge in [0.15, 0.2) is 0 Å². The first kappa shape index (κ1) is 17.7. The van der Waals surface area contributed by atoms with E-state index in [4.69, 9.17) is 10.7 Å². The maximum Gasteiger partial charge on any atom is 0.0730 e. The number of hydrogen-bond donors (Lipinski definition) is 1. The summed E-state index contributed by atoms with van der Waals surface area (Å²) in [6.07, 6.45) is 11.8. The third-order valence-electron chi connectivity index (χ3n) is 5.13. The van der Waals surface area contributed by atoms with Crippen molar-refractivity contribution in [2.45, 2.75) is 64.7 Å². The van der Waals surface area contributed by atoms with Crippen LogP contribution < -0.4 is 5.73 Å². The van der Waals surface area contributed by atoms with E-state index in [0.717, 1.165) is 33.9 Å². The van der Waals surface area contributed by atoms with Gasteiger partial charge in [0.25, 0.3) is 0 Å². The monoisotopic (exact) mass is 334 g/mol. The van der Waals surface area contributed by atoms with Crippen LogP contribution in [0.25, 0.3) is 21.8 Å². The lowest BCUT2D eigenvalue weighted by Gasteiger charge is -2.10. The van der Waals surface area contributed by atoms with Crippen molar-refractivity contribution in [1.82, 2.24) is 4.98 Å². The lowest BCUT2D eigenvalue weighted by Crippen LogP contribution is -1.97. The summed E-state index contributed by atoms with van der Waals surface area (Å²) in [6.45, 7) is 2.27. The number of nitrogen functional groups attached to an aromatic ring is 1. The van der Waals surface area contributed by atoms with Crippen molar-refractivity contribution < 1.29 is 0 Å². The number of benzene rings is 2. The van der Waals surface area contributed by atoms with Crippen LogP contribution >= 0.6 is 0 Å². The molecule has 0 aliphatic rings. The van der Waals surface area contributed by atoms with E-state index in [2.05, 4.69) is 43.3 Å². The van der Waals surface area contributed by atoms with E-state index >= 15 is 0 Å². The number of aryl methyl sites for hydroxylation is 1. The molecule has 0 saturated carbocycles. The van der Waals surface area contributed by atoms with Crippen LogP contribution in [-0.4, -0.2) is 4.98 Å². The highest BCUT2D eigenvalue weighted by atomic mass is 14.7. The van der Waals surface area contributed by atoms with Crippen LogP contribution in [0.3, 0.4) is 0 Å². The van der Waals surface area contributed by atoms with Gasteiger partial charge in [-0.2, -0.15) is 0 Å². The van der Waals surface area contributed by atoms with E-state index < -0.39 is 0 Å². The number of aromatic nitrogens is 1. The van der Waals surface area contributed by atoms with Gasteiger partial charge in [0.05, 0.1) is 11.0 Å². The Labute approximate surface area is 151 Å². The fourth-order valence-electron chi connectivity index (χ4n) is 3.58. The summed E-state index contributed by atoms with van der Waals surface area (Å²) in [5.74, 6) is 0. The highest BCUT2D eigenvalue weighted by Gasteiger charge is 2.07. The quantitative estimate of drug-likeness (QED) is 0.270. The van der Waals surface area contributed by atoms with E-state index in [1.807, 2.05) is 6.07 Å². The van der Waals surface area contributed by atoms with Crippen LogP contribution in [0.15, 0.2) is 42.5 Å². The molecule has 0 radical (unpaired) electrons. The number of unbranched alkanes of at least 4 members (excludes halogenated alkanes) is 7. The Morgan fingerprint density at radius 2 is 1.52 bits per heavy atom. The molecule has 0 spiro atoms. The van der Waals surface area contributed by atoms with Crippen molar-refractivity contribution in [2.75, 3.05) is 5.73 Å². The van der Waals surface area contributed by atoms with Gasteiger partial charge in [-0.05, 0) is 36.6 Å². The summed E-state index contributed by atoms with van der Waals surface area (Å²) in [6, 6.07) is 14.7. The molecule has 25 heavy (non-hydrogen) atoms. The average molecular weight is 335 g/mol. The van der Waals surface area contributed by atoms with Gasteiger partial charge in [-0.25, -0.2) is 4.98 Å². The largest absolute Gasteiger partial charge is 0.398 e. The molecule has 0 aliphatic heterocycles. The molecular weight excluding hydrogens is 304 g/mol. The normalized spacial score (nSPS) is 11.4. The van der Waals surface area contributed by atoms with E-state index in [-0.39, 0.29) is 0 Å². The molecule has 0 bridgehead atoms. The number of rotatable bonds is 9. The maximum atomic E-state index is 6.47. The molecule has 0 aliphatic carbocycles. The number of nitrogens with zero attached hydrogens (tertiary/aromatic N) is 1. The summed E-state index contributed by atoms with van der Waals surface area (Å²) in [7, 11) is 0. The SMILES string of the molecule is CCCCCCCCCCc1ccc2nc3ccccc3cc2c1N. The van der Waals surface area contributed by atoms with Gasteiger partial charge < -0.3 is 5.73 Å². The molecule has 0 saturated heterocycles. The Balaban J connectivity index is 1.60. The third-order valence-corrected chi connectivity index (χ3v) is 5.13. The molecule has 132 valence electrons. The topological polar surface area (TPSA) is 38.9 Å². The molecule has 1 aromatic heterocycles. The van der Waals surface area contributed by atoms with Crippen molar-refractivity contribution in [1.29, 1.82) is 0 Å². The standard InChI is InChI=1S/C23H30N2/c1-2-3-4-5-6-7-8-9-12-18-15-16-22-20(23(18)24)17-19-13-10-11-14-21(19)25-22/h10-11,13-17H,2-9,12,24H2,1H3. The van der Waals surface area contributed by atoms with Gasteiger partial charge in [0.1, 0.15) is 0 Å². The molecule has 3 aromatic rings. The summed E-state index contributed by atoms with van der Waals surface area (Å²) in [4.78, 5) is 4.74. The van der Waals surface area contributed by atoms with E-state index in [1.165, 1.54) is 56.9 Å². The van der Waals surface area contributed by atoms with Crippen molar-refractivity contribution in [3.63, 3.8) is 0 Å². The second-order valence-corrected chi connectivity index (χ2v) is 7.11. The summed E-state index contributed by atoms with van der Waals surface area (Å²) in [5, 5.41) is 2.25. The maximum absolute atomic E-state index is 6.47. The van der Waals surface area contributed by atoms with Crippen LogP contribution in [0, 0.1) is 0 Å². The predicted molar refractivity (Wildman–Crippen MR) is 110 cm³/mol. The van der Waals surface area contributed by atoms with E-state index in [0.29, 0.717) is 0 Å². The Morgan fingerprint density at radius 1 is 0.800 bits per heavy atom. The van der Waals surface area contributed by atoms with Crippen LogP contribution in [-0.2, 0) is 6.42 Å². The molecule has 2 nitrogen and oxygen atoms in total. The Bertz CT molecular complexity index is 823. The minimum Gasteiger partial charge on any atom is -0.398 e. The first-order valence-corrected chi connectivity index (χ1v) is 9.86. The molecule has 0 fully saturated rings. The van der Waals surface area contributed by atoms with E-state index in [9.17, 15) is 0 Å². The highest BCUT2D eigenvalue weighted by molar-refractivity contribution is 5.99. The van der Waals surface area contributed by atoms with E-state index in [1.54, 1.807) is 0 Å². The van der Waals surface area contributed by atoms with Gasteiger partial charge in [-0.1, -0.05) is 76.1 Å². The molecule has 2 N–H and O–H groups in total. The molecule has 2 aromatic carbocycles. The lowest BCUT2D eigenvalue weighted by atomic mass is 10.00. The van der Waals surface area contributed by atoms with Gasteiger partial charge in [0.2, 0.25) is 0 Å². The molecule has 0 amide bonds. The van der Waals surface area contributed by atoms with Crippen molar-refractivity contribution in [3.05, 3.63) is 48.0 Å². The minimum absolute atomic E-state index is 0.915. The number of para-hydroxylation sites is 1. The zero-order chi connectivity index (χ0) is 17.5. The highest BCUT2D eigenvalue weighted by Crippen LogP contribution is 2.28. The predicted octanol–water partition coefficient (Wildman–Crippen LogP) is 6.65. The smallest absolute Gasteiger partial charge is 0.0730 e. The number of hydrogen-bond acceptors (Lipinski definition) is 2. The summed E-state index contributed by atoms with van der Waals surface area (Å²) < 4.78 is 0. The molecule has 0 atom stereocenters. The van der Waals surface area contributed by atoms with Gasteiger partial charge >= 0.3 is 0 Å². The molecule has 2 heteroatoms. The third kappa shape index (κ3) is 4.50. The summed E-state index contributed by atoms with van der Waals surface area (Å²) in [5.41, 5.74) is 10.7. The molecule has 0 unspecified atom stereocenters. The second kappa shape index (κ2) is 8.84. The number of fused-ring (bicyclic) bond motifs is 2. The Morgan fingerprint density at radius 3 is 2.32 bits per heavy atom. The van der Waals surface area contributed by atoms with Crippen molar-refractivity contribution >= 4 is 27.5 Å². The van der Waals surface area contributed by atoms with Gasteiger partial charge in [0, 0.05) is 16.5 Å². The second-order valence-electron chi connectivity index (χ2n) is 7.11. The molecule has 1 heterocycles. The number of nitrogens with two attached hydrogens (primary N) is 1. The van der Waals surface area contributed by atoms with Crippen LogP contribution in [0.4, 0.5) is 5.69 Å². The average Bonchev–Trinajstić information content (AvgIpc) is 2.64. The minimum atomic E-state index is 0.915. The fraction of sp³-hybridized carbons (Fsp3) is 0.435. The fourth-order valence-corrected chi connectivity index (χ4v) is 3.58. The lowest BCUT2D eigenvalue weighted by molar-refractivity contribution is 0.576. The van der Waals surface area contributed by atoms with Crippen molar-refractivity contribution in [3.8, 4) is 0 Å². The van der Waals surface area contributed by atoms with Gasteiger partial charge in [-0.15, -0.1) is 0 Å². The number of pyridine rings is 1. The summed E-state index contributed by atoms with van der Waals surface area (Å²) >= 11 is 0. The van der Waals surface area contributed by atoms with Crippen LogP contribution in [0.5, 0.6) is 0 Å². The zero-order valence-corrected chi connectivity index (χ0v) is 15.4. The number of anilines is 1. The van der Waals surface area contributed by atoms with Crippen LogP contribution in [0.1, 0.15) is 63.9 Å². The molecular formula is C23H30N2. The first-order chi connectivity index (χ1) is 12.3. The van der Waals surface area contributed by atoms with Crippen molar-refractivity contribution in [2.24, 2.45) is 0 Å². The Kier molecular flexibility index (Phi) is 6.27.